The molecule has 134 valence electrons. The molecule has 6 heteroatoms. The van der Waals surface area contributed by atoms with E-state index in [0.717, 1.165) is 29.2 Å². The highest BCUT2D eigenvalue weighted by Gasteiger charge is 2.24. The number of carbonyl (C=O) groups is 1. The zero-order valence-electron chi connectivity index (χ0n) is 14.7. The monoisotopic (exact) mass is 367 g/mol. The third-order valence-electron chi connectivity index (χ3n) is 4.71. The van der Waals surface area contributed by atoms with Gasteiger partial charge in [0.15, 0.2) is 0 Å². The summed E-state index contributed by atoms with van der Waals surface area (Å²) in [4.78, 5) is 15.7. The molecule has 0 atom stereocenters. The number of thiophene rings is 1. The van der Waals surface area contributed by atoms with Crippen LogP contribution in [0.3, 0.4) is 0 Å². The minimum Gasteiger partial charge on any atom is -0.467 e. The molecule has 5 nitrogen and oxygen atoms in total. The maximum atomic E-state index is 12.8. The smallest absolute Gasteiger partial charge is 0.247 e. The molecule has 0 spiro atoms. The van der Waals surface area contributed by atoms with Crippen LogP contribution < -0.4 is 0 Å². The molecule has 0 N–H and O–H groups in total. The Hall–Kier alpha value is -2.60. The number of aromatic nitrogens is 2. The topological polar surface area (TPSA) is 51.3 Å². The van der Waals surface area contributed by atoms with Crippen LogP contribution in [0.2, 0.25) is 0 Å². The highest BCUT2D eigenvalue weighted by Crippen LogP contribution is 2.26. The summed E-state index contributed by atoms with van der Waals surface area (Å²) in [6.07, 6.45) is 8.43. The predicted octanol–water partition coefficient (Wildman–Crippen LogP) is 3.81. The van der Waals surface area contributed by atoms with Crippen molar-refractivity contribution in [3.8, 4) is 0 Å². The normalized spacial score (nSPS) is 13.4. The number of hydrogen-bond acceptors (Lipinski definition) is 4. The zero-order valence-corrected chi connectivity index (χ0v) is 15.5. The quantitative estimate of drug-likeness (QED) is 0.623. The van der Waals surface area contributed by atoms with E-state index in [4.69, 9.17) is 4.42 Å². The first-order valence-electron chi connectivity index (χ1n) is 8.77. The summed E-state index contributed by atoms with van der Waals surface area (Å²) >= 11 is 1.61. The van der Waals surface area contributed by atoms with Gasteiger partial charge in [0.2, 0.25) is 5.91 Å². The first kappa shape index (κ1) is 16.8. The Morgan fingerprint density at radius 1 is 1.35 bits per heavy atom. The van der Waals surface area contributed by atoms with Crippen molar-refractivity contribution >= 4 is 23.3 Å². The van der Waals surface area contributed by atoms with Crippen LogP contribution in [0.5, 0.6) is 0 Å². The molecule has 1 aliphatic carbocycles. The second-order valence-electron chi connectivity index (χ2n) is 6.47. The lowest BCUT2D eigenvalue weighted by molar-refractivity contribution is -0.127. The Morgan fingerprint density at radius 3 is 3.04 bits per heavy atom. The molecule has 0 bridgehead atoms. The van der Waals surface area contributed by atoms with E-state index in [1.807, 2.05) is 47.5 Å². The molecule has 4 rings (SSSR count). The summed E-state index contributed by atoms with van der Waals surface area (Å²) in [7, 11) is 1.99. The second kappa shape index (κ2) is 7.33. The molecule has 1 aliphatic rings. The lowest BCUT2D eigenvalue weighted by Gasteiger charge is -2.19. The minimum atomic E-state index is -0.0350. The van der Waals surface area contributed by atoms with E-state index in [9.17, 15) is 4.79 Å². The van der Waals surface area contributed by atoms with Gasteiger partial charge < -0.3 is 9.32 Å². The molecule has 0 saturated carbocycles. The summed E-state index contributed by atoms with van der Waals surface area (Å²) in [6.45, 7) is 0.934. The van der Waals surface area contributed by atoms with Gasteiger partial charge in [-0.2, -0.15) is 5.10 Å². The van der Waals surface area contributed by atoms with Crippen molar-refractivity contribution in [1.29, 1.82) is 0 Å². The van der Waals surface area contributed by atoms with E-state index < -0.39 is 0 Å². The van der Waals surface area contributed by atoms with Crippen LogP contribution in [0.15, 0.2) is 46.4 Å². The molecule has 0 aromatic carbocycles. The Morgan fingerprint density at radius 2 is 2.27 bits per heavy atom. The number of furan rings is 1. The van der Waals surface area contributed by atoms with E-state index in [-0.39, 0.29) is 5.91 Å². The largest absolute Gasteiger partial charge is 0.467 e. The Bertz CT molecular complexity index is 907. The zero-order chi connectivity index (χ0) is 17.9. The van der Waals surface area contributed by atoms with Crippen molar-refractivity contribution in [2.75, 3.05) is 0 Å². The summed E-state index contributed by atoms with van der Waals surface area (Å²) in [6, 6.07) is 7.72. The van der Waals surface area contributed by atoms with Gasteiger partial charge in [-0.25, -0.2) is 0 Å². The third-order valence-corrected chi connectivity index (χ3v) is 5.55. The van der Waals surface area contributed by atoms with Crippen LogP contribution in [0.25, 0.3) is 6.08 Å². The van der Waals surface area contributed by atoms with Gasteiger partial charge in [0.05, 0.1) is 25.0 Å². The molecule has 0 unspecified atom stereocenters. The molecule has 3 aromatic rings. The number of aryl methyl sites for hydroxylation is 1. The van der Waals surface area contributed by atoms with Crippen LogP contribution >= 0.6 is 11.3 Å². The Kier molecular flexibility index (Phi) is 4.75. The fraction of sp³-hybridized carbons (Fsp3) is 0.300. The standard InChI is InChI=1S/C20H21N3O2S/c1-22-19-8-2-7-17(19)18(21-22)14-23(13-15-5-3-11-25-15)20(24)10-9-16-6-4-12-26-16/h3-6,9-12H,2,7-8,13-14H2,1H3. The van der Waals surface area contributed by atoms with Gasteiger partial charge >= 0.3 is 0 Å². The number of hydrogen-bond donors (Lipinski definition) is 0. The fourth-order valence-corrected chi connectivity index (χ4v) is 4.07. The van der Waals surface area contributed by atoms with Crippen molar-refractivity contribution in [3.63, 3.8) is 0 Å². The summed E-state index contributed by atoms with van der Waals surface area (Å²) in [5.74, 6) is 0.739. The lowest BCUT2D eigenvalue weighted by Crippen LogP contribution is -2.29. The van der Waals surface area contributed by atoms with Gasteiger partial charge in [-0.3, -0.25) is 9.48 Å². The highest BCUT2D eigenvalue weighted by molar-refractivity contribution is 7.10. The third kappa shape index (κ3) is 3.51. The van der Waals surface area contributed by atoms with Crippen LogP contribution in [0.4, 0.5) is 0 Å². The highest BCUT2D eigenvalue weighted by atomic mass is 32.1. The molecular weight excluding hydrogens is 346 g/mol. The second-order valence-corrected chi connectivity index (χ2v) is 7.45. The van der Waals surface area contributed by atoms with Crippen LogP contribution in [-0.4, -0.2) is 20.6 Å². The lowest BCUT2D eigenvalue weighted by atomic mass is 10.2. The van der Waals surface area contributed by atoms with E-state index in [1.54, 1.807) is 28.6 Å². The molecule has 3 aromatic heterocycles. The number of fused-ring (bicyclic) bond motifs is 1. The first-order chi connectivity index (χ1) is 12.7. The minimum absolute atomic E-state index is 0.0350. The Labute approximate surface area is 156 Å². The van der Waals surface area contributed by atoms with Crippen molar-refractivity contribution < 1.29 is 9.21 Å². The van der Waals surface area contributed by atoms with E-state index >= 15 is 0 Å². The average molecular weight is 367 g/mol. The number of nitrogens with zero attached hydrogens (tertiary/aromatic N) is 3. The number of rotatable bonds is 6. The van der Waals surface area contributed by atoms with E-state index in [1.165, 1.54) is 17.7 Å². The van der Waals surface area contributed by atoms with Crippen molar-refractivity contribution in [2.24, 2.45) is 7.05 Å². The molecule has 3 heterocycles. The fourth-order valence-electron chi connectivity index (χ4n) is 3.45. The van der Waals surface area contributed by atoms with Gasteiger partial charge in [-0.15, -0.1) is 11.3 Å². The number of carbonyl (C=O) groups excluding carboxylic acids is 1. The average Bonchev–Trinajstić information content (AvgIpc) is 3.41. The first-order valence-corrected chi connectivity index (χ1v) is 9.65. The molecule has 0 aliphatic heterocycles. The molecule has 0 saturated heterocycles. The van der Waals surface area contributed by atoms with Crippen molar-refractivity contribution in [3.05, 3.63) is 69.6 Å². The van der Waals surface area contributed by atoms with Crippen LogP contribution in [-0.2, 0) is 37.8 Å². The van der Waals surface area contributed by atoms with E-state index in [2.05, 4.69) is 5.10 Å². The molecule has 0 radical (unpaired) electrons. The Balaban J connectivity index is 1.56. The van der Waals surface area contributed by atoms with Gasteiger partial charge in [-0.1, -0.05) is 6.07 Å². The summed E-state index contributed by atoms with van der Waals surface area (Å²) in [5, 5.41) is 6.67. The summed E-state index contributed by atoms with van der Waals surface area (Å²) in [5.41, 5.74) is 3.62. The van der Waals surface area contributed by atoms with Crippen molar-refractivity contribution in [2.45, 2.75) is 32.4 Å². The van der Waals surface area contributed by atoms with Gasteiger partial charge in [-0.05, 0) is 54.5 Å². The SMILES string of the molecule is Cn1nc(CN(Cc2ccco2)C(=O)C=Cc2cccs2)c2c1CCC2. The predicted molar refractivity (Wildman–Crippen MR) is 102 cm³/mol. The van der Waals surface area contributed by atoms with Gasteiger partial charge in [0, 0.05) is 23.7 Å². The van der Waals surface area contributed by atoms with Crippen LogP contribution in [0.1, 0.15) is 34.0 Å². The van der Waals surface area contributed by atoms with E-state index in [0.29, 0.717) is 13.1 Å². The maximum absolute atomic E-state index is 12.8. The molecular formula is C20H21N3O2S. The summed E-state index contributed by atoms with van der Waals surface area (Å²) < 4.78 is 7.43. The number of amides is 1. The van der Waals surface area contributed by atoms with Gasteiger partial charge in [0.1, 0.15) is 5.76 Å². The van der Waals surface area contributed by atoms with Gasteiger partial charge in [0.25, 0.3) is 0 Å². The molecule has 0 fully saturated rings. The van der Waals surface area contributed by atoms with Crippen molar-refractivity contribution in [1.82, 2.24) is 14.7 Å². The molecule has 1 amide bonds. The molecule has 26 heavy (non-hydrogen) atoms. The maximum Gasteiger partial charge on any atom is 0.247 e. The van der Waals surface area contributed by atoms with Crippen LogP contribution in [0, 0.1) is 0 Å².